The van der Waals surface area contributed by atoms with Gasteiger partial charge in [-0.25, -0.2) is 4.18 Å². The van der Waals surface area contributed by atoms with Crippen molar-refractivity contribution < 1.29 is 12.6 Å². The van der Waals surface area contributed by atoms with E-state index in [4.69, 9.17) is 4.18 Å². The van der Waals surface area contributed by atoms with E-state index in [-0.39, 0.29) is 4.90 Å². The Morgan fingerprint density at radius 1 is 1.04 bits per heavy atom. The van der Waals surface area contributed by atoms with E-state index >= 15 is 0 Å². The van der Waals surface area contributed by atoms with Gasteiger partial charge in [0.25, 0.3) is 10.1 Å². The second-order valence-corrected chi connectivity index (χ2v) is 7.40. The van der Waals surface area contributed by atoms with Crippen molar-refractivity contribution in [3.05, 3.63) is 65.7 Å². The summed E-state index contributed by atoms with van der Waals surface area (Å²) >= 11 is 0. The van der Waals surface area contributed by atoms with Gasteiger partial charge in [0.15, 0.2) is 5.72 Å². The summed E-state index contributed by atoms with van der Waals surface area (Å²) in [7, 11) is -2.04. The van der Waals surface area contributed by atoms with Crippen molar-refractivity contribution in [1.82, 2.24) is 0 Å². The first-order valence-corrected chi connectivity index (χ1v) is 8.77. The van der Waals surface area contributed by atoms with E-state index in [1.165, 1.54) is 0 Å². The average Bonchev–Trinajstić information content (AvgIpc) is 2.52. The Kier molecular flexibility index (Phi) is 3.78. The highest BCUT2D eigenvalue weighted by Gasteiger charge is 2.37. The van der Waals surface area contributed by atoms with Gasteiger partial charge in [-0.1, -0.05) is 42.0 Å². The first kappa shape index (κ1) is 15.8. The van der Waals surface area contributed by atoms with Crippen LogP contribution in [-0.2, 0) is 14.3 Å². The highest BCUT2D eigenvalue weighted by Crippen LogP contribution is 2.35. The van der Waals surface area contributed by atoms with Gasteiger partial charge in [0.05, 0.1) is 4.90 Å². The number of hydrogen-bond donors (Lipinski definition) is 0. The van der Waals surface area contributed by atoms with E-state index in [9.17, 15) is 8.42 Å². The number of anilines is 1. The normalized spacial score (nSPS) is 20.4. The molecule has 5 heteroatoms. The summed E-state index contributed by atoms with van der Waals surface area (Å²) in [4.78, 5) is 1.98. The summed E-state index contributed by atoms with van der Waals surface area (Å²) in [5.74, 6) is 0. The maximum absolute atomic E-state index is 12.6. The van der Waals surface area contributed by atoms with Crippen LogP contribution in [0.2, 0.25) is 0 Å². The minimum atomic E-state index is -3.86. The van der Waals surface area contributed by atoms with Crippen LogP contribution in [0, 0.1) is 6.92 Å². The zero-order chi connectivity index (χ0) is 16.7. The number of rotatable bonds is 3. The van der Waals surface area contributed by atoms with Gasteiger partial charge in [0.1, 0.15) is 0 Å². The Hall–Kier alpha value is -2.11. The third-order valence-electron chi connectivity index (χ3n) is 4.12. The summed E-state index contributed by atoms with van der Waals surface area (Å²) in [5, 5.41) is 0. The molecule has 0 bridgehead atoms. The molecule has 0 amide bonds. The number of fused-ring (bicyclic) bond motifs is 1. The zero-order valence-corrected chi connectivity index (χ0v) is 14.2. The first-order chi connectivity index (χ1) is 10.8. The van der Waals surface area contributed by atoms with E-state index < -0.39 is 15.8 Å². The second kappa shape index (κ2) is 5.51. The maximum Gasteiger partial charge on any atom is 0.299 e. The molecule has 0 aliphatic carbocycles. The van der Waals surface area contributed by atoms with Crippen LogP contribution in [0.5, 0.6) is 0 Å². The number of para-hydroxylation sites is 1. The van der Waals surface area contributed by atoms with E-state index in [0.717, 1.165) is 16.8 Å². The quantitative estimate of drug-likeness (QED) is 0.808. The van der Waals surface area contributed by atoms with Crippen molar-refractivity contribution in [3.8, 4) is 0 Å². The minimum Gasteiger partial charge on any atom is -0.342 e. The molecule has 0 fully saturated rings. The van der Waals surface area contributed by atoms with Crippen molar-refractivity contribution in [2.45, 2.75) is 24.5 Å². The molecular formula is C18H19NO3S. The Morgan fingerprint density at radius 3 is 2.39 bits per heavy atom. The summed E-state index contributed by atoms with van der Waals surface area (Å²) < 4.78 is 30.8. The molecule has 1 aliphatic heterocycles. The Balaban J connectivity index is 1.95. The third kappa shape index (κ3) is 2.90. The number of benzene rings is 2. The van der Waals surface area contributed by atoms with E-state index in [0.29, 0.717) is 0 Å². The summed E-state index contributed by atoms with van der Waals surface area (Å²) in [6, 6.07) is 14.4. The predicted octanol–water partition coefficient (Wildman–Crippen LogP) is 3.58. The Morgan fingerprint density at radius 2 is 1.70 bits per heavy atom. The zero-order valence-electron chi connectivity index (χ0n) is 13.4. The highest BCUT2D eigenvalue weighted by molar-refractivity contribution is 7.86. The lowest BCUT2D eigenvalue weighted by Gasteiger charge is -2.40. The second-order valence-electron chi connectivity index (χ2n) is 5.86. The van der Waals surface area contributed by atoms with Gasteiger partial charge in [-0.05, 0) is 43.7 Å². The molecule has 3 rings (SSSR count). The van der Waals surface area contributed by atoms with Crippen LogP contribution < -0.4 is 4.90 Å². The van der Waals surface area contributed by atoms with Crippen LogP contribution in [0.3, 0.4) is 0 Å². The maximum atomic E-state index is 12.6. The molecule has 1 aliphatic rings. The van der Waals surface area contributed by atoms with Gasteiger partial charge >= 0.3 is 0 Å². The number of hydrogen-bond acceptors (Lipinski definition) is 4. The molecule has 0 radical (unpaired) electrons. The molecule has 120 valence electrons. The molecule has 0 N–H and O–H groups in total. The van der Waals surface area contributed by atoms with Crippen LogP contribution in [0.25, 0.3) is 6.08 Å². The molecule has 0 saturated carbocycles. The summed E-state index contributed by atoms with van der Waals surface area (Å²) in [5.41, 5.74) is 1.89. The fourth-order valence-corrected chi connectivity index (χ4v) is 3.77. The Bertz CT molecular complexity index is 856. The average molecular weight is 329 g/mol. The van der Waals surface area contributed by atoms with Gasteiger partial charge in [0, 0.05) is 12.7 Å². The van der Waals surface area contributed by atoms with Gasteiger partial charge in [-0.3, -0.25) is 0 Å². The first-order valence-electron chi connectivity index (χ1n) is 7.36. The number of likely N-dealkylation sites (N-methyl/N-ethyl adjacent to an activating group) is 1. The van der Waals surface area contributed by atoms with E-state index in [1.54, 1.807) is 37.3 Å². The molecule has 4 nitrogen and oxygen atoms in total. The van der Waals surface area contributed by atoms with Crippen molar-refractivity contribution in [2.75, 3.05) is 11.9 Å². The molecular weight excluding hydrogens is 310 g/mol. The van der Waals surface area contributed by atoms with Crippen molar-refractivity contribution >= 4 is 21.9 Å². The molecule has 1 atom stereocenters. The SMILES string of the molecule is Cc1ccc(S(=O)(=O)OC2(C)C=Cc3ccccc3N2C)cc1. The minimum absolute atomic E-state index is 0.157. The van der Waals surface area contributed by atoms with Gasteiger partial charge in [0.2, 0.25) is 0 Å². The lowest BCUT2D eigenvalue weighted by Crippen LogP contribution is -2.47. The Labute approximate surface area is 137 Å². The van der Waals surface area contributed by atoms with Crippen molar-refractivity contribution in [3.63, 3.8) is 0 Å². The molecule has 1 heterocycles. The van der Waals surface area contributed by atoms with Gasteiger partial charge in [-0.15, -0.1) is 0 Å². The number of nitrogens with zero attached hydrogens (tertiary/aromatic N) is 1. The highest BCUT2D eigenvalue weighted by atomic mass is 32.2. The largest absolute Gasteiger partial charge is 0.342 e. The predicted molar refractivity (Wildman–Crippen MR) is 91.7 cm³/mol. The molecule has 2 aromatic rings. The van der Waals surface area contributed by atoms with E-state index in [1.807, 2.05) is 49.2 Å². The molecule has 0 spiro atoms. The van der Waals surface area contributed by atoms with Crippen LogP contribution in [0.4, 0.5) is 5.69 Å². The molecule has 0 saturated heterocycles. The molecule has 0 aromatic heterocycles. The lowest BCUT2D eigenvalue weighted by atomic mass is 10.0. The van der Waals surface area contributed by atoms with Crippen LogP contribution in [0.1, 0.15) is 18.1 Å². The fourth-order valence-electron chi connectivity index (χ4n) is 2.59. The summed E-state index contributed by atoms with van der Waals surface area (Å²) in [6.07, 6.45) is 3.65. The van der Waals surface area contributed by atoms with Crippen LogP contribution in [-0.4, -0.2) is 21.2 Å². The molecule has 2 aromatic carbocycles. The van der Waals surface area contributed by atoms with Crippen molar-refractivity contribution in [2.24, 2.45) is 0 Å². The van der Waals surface area contributed by atoms with Crippen molar-refractivity contribution in [1.29, 1.82) is 0 Å². The standard InChI is InChI=1S/C18H19NO3S/c1-14-8-10-16(11-9-14)23(20,21)22-18(2)13-12-15-6-4-5-7-17(15)19(18)3/h4-13H,1-3H3. The molecule has 1 unspecified atom stereocenters. The summed E-state index contributed by atoms with van der Waals surface area (Å²) in [6.45, 7) is 3.65. The van der Waals surface area contributed by atoms with E-state index in [2.05, 4.69) is 0 Å². The van der Waals surface area contributed by atoms with Gasteiger partial charge in [-0.2, -0.15) is 8.42 Å². The molecule has 23 heavy (non-hydrogen) atoms. The lowest BCUT2D eigenvalue weighted by molar-refractivity contribution is 0.149. The topological polar surface area (TPSA) is 46.6 Å². The third-order valence-corrected chi connectivity index (χ3v) is 5.53. The van der Waals surface area contributed by atoms with Gasteiger partial charge < -0.3 is 4.90 Å². The fraction of sp³-hybridized carbons (Fsp3) is 0.222. The monoisotopic (exact) mass is 329 g/mol. The van der Waals surface area contributed by atoms with Crippen LogP contribution >= 0.6 is 0 Å². The number of aryl methyl sites for hydroxylation is 1. The van der Waals surface area contributed by atoms with Crippen LogP contribution in [0.15, 0.2) is 59.5 Å². The smallest absolute Gasteiger partial charge is 0.299 e.